The Kier molecular flexibility index (Phi) is 7.13. The molecular formula is C29H28N4O3. The Hall–Kier alpha value is -4.31. The molecule has 3 heterocycles. The molecule has 7 nitrogen and oxygen atoms in total. The van der Waals surface area contributed by atoms with E-state index in [1.807, 2.05) is 17.0 Å². The largest absolute Gasteiger partial charge is 0.459 e. The monoisotopic (exact) mass is 480 g/mol. The lowest BCUT2D eigenvalue weighted by atomic mass is 9.88. The first-order valence-electron chi connectivity index (χ1n) is 12.3. The van der Waals surface area contributed by atoms with Crippen molar-refractivity contribution in [2.24, 2.45) is 5.92 Å². The van der Waals surface area contributed by atoms with E-state index >= 15 is 0 Å². The Morgan fingerprint density at radius 2 is 1.69 bits per heavy atom. The van der Waals surface area contributed by atoms with E-state index in [4.69, 9.17) is 8.83 Å². The van der Waals surface area contributed by atoms with E-state index in [0.29, 0.717) is 44.1 Å². The van der Waals surface area contributed by atoms with Crippen molar-refractivity contribution in [2.75, 3.05) is 24.5 Å². The zero-order valence-electron chi connectivity index (χ0n) is 20.0. The van der Waals surface area contributed by atoms with Gasteiger partial charge in [-0.2, -0.15) is 10.2 Å². The Morgan fingerprint density at radius 3 is 2.28 bits per heavy atom. The first-order chi connectivity index (χ1) is 17.7. The number of rotatable bonds is 8. The van der Waals surface area contributed by atoms with E-state index in [-0.39, 0.29) is 29.3 Å². The number of piperidine rings is 1. The van der Waals surface area contributed by atoms with Crippen LogP contribution in [0.25, 0.3) is 11.7 Å². The number of furan rings is 1. The molecule has 0 saturated carbocycles. The van der Waals surface area contributed by atoms with Crippen LogP contribution in [0.15, 0.2) is 87.9 Å². The van der Waals surface area contributed by atoms with E-state index in [9.17, 15) is 10.1 Å². The predicted octanol–water partition coefficient (Wildman–Crippen LogP) is 5.36. The summed E-state index contributed by atoms with van der Waals surface area (Å²) >= 11 is 0. The molecule has 1 N–H and O–H groups in total. The Labute approximate surface area is 210 Å². The molecule has 4 aromatic rings. The van der Waals surface area contributed by atoms with Crippen LogP contribution in [0, 0.1) is 17.2 Å². The molecule has 1 saturated heterocycles. The van der Waals surface area contributed by atoms with E-state index < -0.39 is 0 Å². The van der Waals surface area contributed by atoms with Gasteiger partial charge in [-0.05, 0) is 42.5 Å². The van der Waals surface area contributed by atoms with Gasteiger partial charge in [0.15, 0.2) is 5.76 Å². The van der Waals surface area contributed by atoms with Gasteiger partial charge in [-0.3, -0.25) is 4.79 Å². The number of nitriles is 1. The minimum atomic E-state index is -0.0637. The normalized spacial score (nSPS) is 14.1. The summed E-state index contributed by atoms with van der Waals surface area (Å²) in [5.74, 6) is 1.47. The van der Waals surface area contributed by atoms with Crippen LogP contribution < -0.4 is 10.2 Å². The molecule has 2 aromatic carbocycles. The Bertz CT molecular complexity index is 1260. The molecule has 0 unspecified atom stereocenters. The summed E-state index contributed by atoms with van der Waals surface area (Å²) < 4.78 is 11.2. The first-order valence-corrected chi connectivity index (χ1v) is 12.3. The average molecular weight is 481 g/mol. The SMILES string of the molecule is N#Cc1nc(-c2ccco2)oc1N1CCC(C(=O)NCCC(c2ccccc2)c2ccccc2)CC1. The summed E-state index contributed by atoms with van der Waals surface area (Å²) in [6, 6.07) is 26.5. The van der Waals surface area contributed by atoms with Gasteiger partial charge in [0.25, 0.3) is 5.89 Å². The van der Waals surface area contributed by atoms with E-state index in [0.717, 1.165) is 6.42 Å². The van der Waals surface area contributed by atoms with E-state index in [1.165, 1.54) is 17.4 Å². The molecule has 5 rings (SSSR count). The highest BCUT2D eigenvalue weighted by Gasteiger charge is 2.29. The van der Waals surface area contributed by atoms with Crippen molar-refractivity contribution >= 4 is 11.8 Å². The fraction of sp³-hybridized carbons (Fsp3) is 0.276. The highest BCUT2D eigenvalue weighted by Crippen LogP contribution is 2.31. The molecule has 2 aromatic heterocycles. The lowest BCUT2D eigenvalue weighted by Crippen LogP contribution is -2.41. The number of hydrogen-bond donors (Lipinski definition) is 1. The van der Waals surface area contributed by atoms with Gasteiger partial charge in [-0.1, -0.05) is 60.7 Å². The highest BCUT2D eigenvalue weighted by atomic mass is 16.4. The molecule has 7 heteroatoms. The summed E-state index contributed by atoms with van der Waals surface area (Å²) in [5.41, 5.74) is 2.73. The first kappa shape index (κ1) is 23.4. The van der Waals surface area contributed by atoms with Gasteiger partial charge in [0, 0.05) is 31.5 Å². The van der Waals surface area contributed by atoms with Crippen molar-refractivity contribution in [2.45, 2.75) is 25.2 Å². The number of carbonyl (C=O) groups is 1. The van der Waals surface area contributed by atoms with Crippen molar-refractivity contribution in [3.63, 3.8) is 0 Å². The summed E-state index contributed by atoms with van der Waals surface area (Å²) in [6.45, 7) is 1.85. The molecule has 36 heavy (non-hydrogen) atoms. The third-order valence-electron chi connectivity index (χ3n) is 6.74. The lowest BCUT2D eigenvalue weighted by molar-refractivity contribution is -0.125. The number of anilines is 1. The minimum Gasteiger partial charge on any atom is -0.459 e. The molecule has 1 aliphatic rings. The molecule has 1 aliphatic heterocycles. The smallest absolute Gasteiger partial charge is 0.266 e. The van der Waals surface area contributed by atoms with Crippen LogP contribution in [0.3, 0.4) is 0 Å². The van der Waals surface area contributed by atoms with Crippen molar-refractivity contribution in [3.05, 3.63) is 95.9 Å². The zero-order chi connectivity index (χ0) is 24.7. The Balaban J connectivity index is 1.16. The molecule has 1 fully saturated rings. The predicted molar refractivity (Wildman–Crippen MR) is 136 cm³/mol. The summed E-state index contributed by atoms with van der Waals surface area (Å²) in [7, 11) is 0. The summed E-state index contributed by atoms with van der Waals surface area (Å²) in [5, 5.41) is 12.7. The molecule has 0 aliphatic carbocycles. The molecule has 182 valence electrons. The standard InChI is InChI=1S/C29H28N4O3/c30-20-25-29(36-28(32-25)26-12-7-19-35-26)33-17-14-23(15-18-33)27(34)31-16-13-24(21-8-3-1-4-9-21)22-10-5-2-6-11-22/h1-12,19,23-24H,13-18H2,(H,31,34). The van der Waals surface area contributed by atoms with E-state index in [1.54, 1.807) is 12.1 Å². The van der Waals surface area contributed by atoms with Crippen molar-refractivity contribution in [3.8, 4) is 17.7 Å². The third-order valence-corrected chi connectivity index (χ3v) is 6.74. The van der Waals surface area contributed by atoms with Crippen molar-refractivity contribution < 1.29 is 13.6 Å². The molecule has 0 radical (unpaired) electrons. The zero-order valence-corrected chi connectivity index (χ0v) is 20.0. The van der Waals surface area contributed by atoms with Gasteiger partial charge in [-0.25, -0.2) is 0 Å². The molecule has 1 amide bonds. The number of hydrogen-bond acceptors (Lipinski definition) is 6. The topological polar surface area (TPSA) is 95.3 Å². The number of oxazole rings is 1. The van der Waals surface area contributed by atoms with E-state index in [2.05, 4.69) is 64.9 Å². The third kappa shape index (κ3) is 5.18. The molecule has 0 spiro atoms. The maximum Gasteiger partial charge on any atom is 0.266 e. The van der Waals surface area contributed by atoms with Crippen LogP contribution in [0.5, 0.6) is 0 Å². The highest BCUT2D eigenvalue weighted by molar-refractivity contribution is 5.79. The van der Waals surface area contributed by atoms with Gasteiger partial charge in [0.1, 0.15) is 6.07 Å². The van der Waals surface area contributed by atoms with Crippen LogP contribution in [-0.2, 0) is 4.79 Å². The van der Waals surface area contributed by atoms with Crippen molar-refractivity contribution in [1.29, 1.82) is 5.26 Å². The number of benzene rings is 2. The maximum atomic E-state index is 12.9. The van der Waals surface area contributed by atoms with Crippen LogP contribution >= 0.6 is 0 Å². The summed E-state index contributed by atoms with van der Waals surface area (Å²) in [6.07, 6.45) is 3.75. The van der Waals surface area contributed by atoms with Crippen LogP contribution in [0.4, 0.5) is 5.88 Å². The van der Waals surface area contributed by atoms with Gasteiger partial charge >= 0.3 is 0 Å². The van der Waals surface area contributed by atoms with Crippen LogP contribution in [-0.4, -0.2) is 30.5 Å². The fourth-order valence-corrected chi connectivity index (χ4v) is 4.83. The lowest BCUT2D eigenvalue weighted by Gasteiger charge is -2.31. The molecular weight excluding hydrogens is 452 g/mol. The second-order valence-corrected chi connectivity index (χ2v) is 8.98. The van der Waals surface area contributed by atoms with Crippen molar-refractivity contribution in [1.82, 2.24) is 10.3 Å². The quantitative estimate of drug-likeness (QED) is 0.365. The molecule has 0 bridgehead atoms. The molecule has 0 atom stereocenters. The number of amides is 1. The summed E-state index contributed by atoms with van der Waals surface area (Å²) in [4.78, 5) is 19.2. The fourth-order valence-electron chi connectivity index (χ4n) is 4.83. The number of carbonyl (C=O) groups excluding carboxylic acids is 1. The minimum absolute atomic E-state index is 0.0637. The van der Waals surface area contributed by atoms with Gasteiger partial charge < -0.3 is 19.1 Å². The second-order valence-electron chi connectivity index (χ2n) is 8.98. The second kappa shape index (κ2) is 11.0. The number of aromatic nitrogens is 1. The Morgan fingerprint density at radius 1 is 1.03 bits per heavy atom. The average Bonchev–Trinajstić information content (AvgIpc) is 3.62. The van der Waals surface area contributed by atoms with Gasteiger partial charge in [0.05, 0.1) is 6.26 Å². The number of nitrogens with zero attached hydrogens (tertiary/aromatic N) is 3. The maximum absolute atomic E-state index is 12.9. The van der Waals surface area contributed by atoms with Crippen LogP contribution in [0.1, 0.15) is 42.0 Å². The van der Waals surface area contributed by atoms with Gasteiger partial charge in [0.2, 0.25) is 17.5 Å². The number of nitrogens with one attached hydrogen (secondary N) is 1. The van der Waals surface area contributed by atoms with Gasteiger partial charge in [-0.15, -0.1) is 0 Å². The van der Waals surface area contributed by atoms with Crippen LogP contribution in [0.2, 0.25) is 0 Å².